The molecule has 1 aliphatic heterocycles. The Hall–Kier alpha value is -0.850. The maximum Gasteiger partial charge on any atom is 0.410 e. The van der Waals surface area contributed by atoms with Crippen molar-refractivity contribution >= 4 is 6.09 Å². The molecule has 0 aromatic heterocycles. The first-order valence-corrected chi connectivity index (χ1v) is 7.06. The number of methoxy groups -OCH3 is 1. The van der Waals surface area contributed by atoms with E-state index in [0.717, 1.165) is 6.42 Å². The highest BCUT2D eigenvalue weighted by Crippen LogP contribution is 2.24. The topological polar surface area (TPSA) is 68.2 Å². The Morgan fingerprint density at radius 3 is 2.65 bits per heavy atom. The number of likely N-dealkylation sites (tertiary alicyclic amines) is 1. The Bertz CT molecular complexity index is 302. The first kappa shape index (κ1) is 17.2. The summed E-state index contributed by atoms with van der Waals surface area (Å²) in [5.74, 6) is 0.244. The number of hydrogen-bond donors (Lipinski definition) is 1. The van der Waals surface area contributed by atoms with Gasteiger partial charge < -0.3 is 24.2 Å². The SMILES string of the molecule is COCO[C@H]1CN(C(=O)OC(C)(C)C)CC[C@H]1CCO. The summed E-state index contributed by atoms with van der Waals surface area (Å²) in [6.45, 7) is 6.97. The van der Waals surface area contributed by atoms with Crippen LogP contribution in [0.4, 0.5) is 4.79 Å². The largest absolute Gasteiger partial charge is 0.444 e. The predicted molar refractivity (Wildman–Crippen MR) is 74.4 cm³/mol. The third kappa shape index (κ3) is 5.64. The van der Waals surface area contributed by atoms with Crippen LogP contribution < -0.4 is 0 Å². The average molecular weight is 289 g/mol. The number of nitrogens with zero attached hydrogens (tertiary/aromatic N) is 1. The number of aliphatic hydroxyl groups is 1. The smallest absolute Gasteiger partial charge is 0.410 e. The van der Waals surface area contributed by atoms with E-state index in [-0.39, 0.29) is 31.5 Å². The van der Waals surface area contributed by atoms with Crippen LogP contribution >= 0.6 is 0 Å². The number of amides is 1. The third-order valence-corrected chi connectivity index (χ3v) is 3.25. The number of hydrogen-bond acceptors (Lipinski definition) is 5. The highest BCUT2D eigenvalue weighted by molar-refractivity contribution is 5.68. The molecule has 1 saturated heterocycles. The fraction of sp³-hybridized carbons (Fsp3) is 0.929. The number of carbonyl (C=O) groups is 1. The van der Waals surface area contributed by atoms with Gasteiger partial charge in [-0.2, -0.15) is 0 Å². The van der Waals surface area contributed by atoms with Crippen molar-refractivity contribution in [3.8, 4) is 0 Å². The van der Waals surface area contributed by atoms with Gasteiger partial charge >= 0.3 is 6.09 Å². The predicted octanol–water partition coefficient (Wildman–Crippen LogP) is 1.61. The first-order valence-electron chi connectivity index (χ1n) is 7.06. The van der Waals surface area contributed by atoms with Crippen LogP contribution in [0.2, 0.25) is 0 Å². The molecule has 1 aliphatic rings. The number of ether oxygens (including phenoxy) is 3. The van der Waals surface area contributed by atoms with E-state index in [9.17, 15) is 4.79 Å². The number of carbonyl (C=O) groups excluding carboxylic acids is 1. The van der Waals surface area contributed by atoms with Gasteiger partial charge in [-0.3, -0.25) is 0 Å². The summed E-state index contributed by atoms with van der Waals surface area (Å²) in [5.41, 5.74) is -0.498. The molecule has 6 nitrogen and oxygen atoms in total. The minimum atomic E-state index is -0.498. The second-order valence-electron chi connectivity index (χ2n) is 6.10. The zero-order valence-electron chi connectivity index (χ0n) is 12.9. The summed E-state index contributed by atoms with van der Waals surface area (Å²) in [4.78, 5) is 13.7. The van der Waals surface area contributed by atoms with Crippen molar-refractivity contribution in [1.29, 1.82) is 0 Å². The van der Waals surface area contributed by atoms with Gasteiger partial charge in [0.1, 0.15) is 12.4 Å². The Kier molecular flexibility index (Phi) is 6.71. The molecule has 1 fully saturated rings. The Labute approximate surface area is 121 Å². The van der Waals surface area contributed by atoms with Crippen molar-refractivity contribution in [2.45, 2.75) is 45.3 Å². The second-order valence-corrected chi connectivity index (χ2v) is 6.10. The van der Waals surface area contributed by atoms with Crippen molar-refractivity contribution < 1.29 is 24.1 Å². The van der Waals surface area contributed by atoms with E-state index in [1.165, 1.54) is 0 Å². The van der Waals surface area contributed by atoms with Crippen LogP contribution in [0.15, 0.2) is 0 Å². The summed E-state index contributed by atoms with van der Waals surface area (Å²) in [6, 6.07) is 0. The van der Waals surface area contributed by atoms with Gasteiger partial charge in [-0.05, 0) is 39.5 Å². The van der Waals surface area contributed by atoms with Crippen molar-refractivity contribution in [2.24, 2.45) is 5.92 Å². The lowest BCUT2D eigenvalue weighted by atomic mass is 9.91. The monoisotopic (exact) mass is 289 g/mol. The number of piperidine rings is 1. The summed E-state index contributed by atoms with van der Waals surface area (Å²) < 4.78 is 15.9. The van der Waals surface area contributed by atoms with E-state index < -0.39 is 5.60 Å². The molecule has 2 atom stereocenters. The summed E-state index contributed by atoms with van der Waals surface area (Å²) >= 11 is 0. The van der Waals surface area contributed by atoms with Crippen LogP contribution in [0.5, 0.6) is 0 Å². The molecule has 0 aliphatic carbocycles. The third-order valence-electron chi connectivity index (χ3n) is 3.25. The fourth-order valence-corrected chi connectivity index (χ4v) is 2.30. The zero-order valence-corrected chi connectivity index (χ0v) is 12.9. The van der Waals surface area contributed by atoms with Gasteiger partial charge in [0.05, 0.1) is 12.6 Å². The van der Waals surface area contributed by atoms with Crippen LogP contribution in [-0.4, -0.2) is 61.4 Å². The molecular weight excluding hydrogens is 262 g/mol. The highest BCUT2D eigenvalue weighted by Gasteiger charge is 2.33. The molecular formula is C14H27NO5. The van der Waals surface area contributed by atoms with Gasteiger partial charge in [0.2, 0.25) is 0 Å². The molecule has 0 spiro atoms. The molecule has 0 aromatic carbocycles. The van der Waals surface area contributed by atoms with Crippen LogP contribution in [-0.2, 0) is 14.2 Å². The fourth-order valence-electron chi connectivity index (χ4n) is 2.30. The standard InChI is InChI=1S/C14H27NO5/c1-14(2,3)20-13(17)15-7-5-11(6-8-16)12(9-15)19-10-18-4/h11-12,16H,5-10H2,1-4H3/t11-,12-/m0/s1. The lowest BCUT2D eigenvalue weighted by molar-refractivity contribution is -0.115. The lowest BCUT2D eigenvalue weighted by Gasteiger charge is -2.38. The minimum absolute atomic E-state index is 0.122. The quantitative estimate of drug-likeness (QED) is 0.779. The molecule has 1 amide bonds. The van der Waals surface area contributed by atoms with Crippen LogP contribution in [0, 0.1) is 5.92 Å². The van der Waals surface area contributed by atoms with Crippen LogP contribution in [0.3, 0.4) is 0 Å². The minimum Gasteiger partial charge on any atom is -0.444 e. The van der Waals surface area contributed by atoms with E-state index >= 15 is 0 Å². The highest BCUT2D eigenvalue weighted by atomic mass is 16.7. The zero-order chi connectivity index (χ0) is 15.2. The van der Waals surface area contributed by atoms with Gasteiger partial charge in [-0.25, -0.2) is 4.79 Å². The number of aliphatic hydroxyl groups excluding tert-OH is 1. The molecule has 0 radical (unpaired) electrons. The molecule has 1 rings (SSSR count). The molecule has 0 bridgehead atoms. The average Bonchev–Trinajstić information content (AvgIpc) is 2.35. The van der Waals surface area contributed by atoms with Gasteiger partial charge in [0, 0.05) is 20.3 Å². The molecule has 0 aromatic rings. The van der Waals surface area contributed by atoms with Crippen molar-refractivity contribution in [2.75, 3.05) is 33.6 Å². The molecule has 6 heteroatoms. The number of rotatable bonds is 5. The molecule has 0 unspecified atom stereocenters. The van der Waals surface area contributed by atoms with E-state index in [0.29, 0.717) is 19.5 Å². The Morgan fingerprint density at radius 1 is 1.40 bits per heavy atom. The van der Waals surface area contributed by atoms with Crippen LogP contribution in [0.1, 0.15) is 33.6 Å². The maximum atomic E-state index is 12.1. The normalized spacial score (nSPS) is 23.8. The van der Waals surface area contributed by atoms with Crippen molar-refractivity contribution in [3.05, 3.63) is 0 Å². The van der Waals surface area contributed by atoms with Gasteiger partial charge in [0.15, 0.2) is 0 Å². The lowest BCUT2D eigenvalue weighted by Crippen LogP contribution is -2.49. The van der Waals surface area contributed by atoms with Crippen molar-refractivity contribution in [3.63, 3.8) is 0 Å². The Balaban J connectivity index is 2.58. The molecule has 1 heterocycles. The first-order chi connectivity index (χ1) is 9.37. The van der Waals surface area contributed by atoms with E-state index in [4.69, 9.17) is 19.3 Å². The Morgan fingerprint density at radius 2 is 2.10 bits per heavy atom. The van der Waals surface area contributed by atoms with Gasteiger partial charge in [0.25, 0.3) is 0 Å². The van der Waals surface area contributed by atoms with Crippen molar-refractivity contribution in [1.82, 2.24) is 4.90 Å². The van der Waals surface area contributed by atoms with E-state index in [1.54, 1.807) is 12.0 Å². The van der Waals surface area contributed by atoms with Gasteiger partial charge in [-0.15, -0.1) is 0 Å². The molecule has 20 heavy (non-hydrogen) atoms. The van der Waals surface area contributed by atoms with Crippen LogP contribution in [0.25, 0.3) is 0 Å². The summed E-state index contributed by atoms with van der Waals surface area (Å²) in [6.07, 6.45) is 1.04. The summed E-state index contributed by atoms with van der Waals surface area (Å²) in [7, 11) is 1.56. The van der Waals surface area contributed by atoms with Gasteiger partial charge in [-0.1, -0.05) is 0 Å². The molecule has 1 N–H and O–H groups in total. The van der Waals surface area contributed by atoms with E-state index in [2.05, 4.69) is 0 Å². The summed E-state index contributed by atoms with van der Waals surface area (Å²) in [5, 5.41) is 9.10. The molecule has 118 valence electrons. The second kappa shape index (κ2) is 7.81. The molecule has 0 saturated carbocycles. The maximum absolute atomic E-state index is 12.1. The van der Waals surface area contributed by atoms with E-state index in [1.807, 2.05) is 20.8 Å².